The summed E-state index contributed by atoms with van der Waals surface area (Å²) >= 11 is 2.05. The van der Waals surface area contributed by atoms with Gasteiger partial charge in [0.25, 0.3) is 0 Å². The summed E-state index contributed by atoms with van der Waals surface area (Å²) in [6.07, 6.45) is 9.79. The summed E-state index contributed by atoms with van der Waals surface area (Å²) in [6.45, 7) is 3.10. The van der Waals surface area contributed by atoms with E-state index in [9.17, 15) is 4.79 Å². The number of rotatable bonds is 4. The van der Waals surface area contributed by atoms with E-state index in [0.29, 0.717) is 0 Å². The Hall–Kier alpha value is -1.14. The molecule has 0 aromatic carbocycles. The van der Waals surface area contributed by atoms with Gasteiger partial charge in [-0.1, -0.05) is 12.8 Å². The lowest BCUT2D eigenvalue weighted by molar-refractivity contribution is 0.104. The van der Waals surface area contributed by atoms with Crippen molar-refractivity contribution >= 4 is 17.8 Å². The van der Waals surface area contributed by atoms with Gasteiger partial charge in [0.15, 0.2) is 0 Å². The molecule has 1 saturated heterocycles. The molecule has 0 spiro atoms. The van der Waals surface area contributed by atoms with Crippen LogP contribution in [0.4, 0.5) is 4.79 Å². The summed E-state index contributed by atoms with van der Waals surface area (Å²) < 4.78 is 5.52. The maximum absolute atomic E-state index is 12.5. The van der Waals surface area contributed by atoms with Crippen molar-refractivity contribution in [1.29, 1.82) is 0 Å². The summed E-state index contributed by atoms with van der Waals surface area (Å²) in [5.41, 5.74) is 1.34. The van der Waals surface area contributed by atoms with Crippen LogP contribution in [0.5, 0.6) is 0 Å². The molecule has 1 saturated carbocycles. The highest BCUT2D eigenvalue weighted by Crippen LogP contribution is 2.36. The standard InChI is InChI=1S/C19H29N3O2S/c23-18(21-16-4-3-5-17-15(16)6-11-24-17)20-14-19(7-1-2-8-19)22-9-12-25-13-10-22/h6,11,16H,1-5,7-10,12-14H2,(H2,20,21,23). The normalized spacial score (nSPS) is 26.2. The number of furan rings is 1. The minimum absolute atomic E-state index is 0.0308. The minimum Gasteiger partial charge on any atom is -0.469 e. The van der Waals surface area contributed by atoms with E-state index < -0.39 is 0 Å². The highest BCUT2D eigenvalue weighted by atomic mass is 32.2. The number of nitrogens with zero attached hydrogens (tertiary/aromatic N) is 1. The summed E-state index contributed by atoms with van der Waals surface area (Å²) in [7, 11) is 0. The molecule has 2 fully saturated rings. The molecular formula is C19H29N3O2S. The Balaban J connectivity index is 1.35. The molecule has 2 heterocycles. The Morgan fingerprint density at radius 2 is 2.08 bits per heavy atom. The van der Waals surface area contributed by atoms with Crippen molar-refractivity contribution in [2.24, 2.45) is 0 Å². The van der Waals surface area contributed by atoms with Crippen LogP contribution in [0.3, 0.4) is 0 Å². The van der Waals surface area contributed by atoms with Crippen molar-refractivity contribution in [1.82, 2.24) is 15.5 Å². The number of amides is 2. The predicted molar refractivity (Wildman–Crippen MR) is 101 cm³/mol. The maximum Gasteiger partial charge on any atom is 0.315 e. The molecule has 1 atom stereocenters. The zero-order chi connectivity index (χ0) is 17.1. The third-order valence-electron chi connectivity index (χ3n) is 6.15. The Morgan fingerprint density at radius 1 is 1.28 bits per heavy atom. The number of carbonyl (C=O) groups is 1. The average molecular weight is 364 g/mol. The molecule has 1 aromatic rings. The van der Waals surface area contributed by atoms with Crippen LogP contribution in [-0.2, 0) is 6.42 Å². The monoisotopic (exact) mass is 363 g/mol. The average Bonchev–Trinajstić information content (AvgIpc) is 3.31. The van der Waals surface area contributed by atoms with Crippen LogP contribution in [0.25, 0.3) is 0 Å². The van der Waals surface area contributed by atoms with Gasteiger partial charge in [0, 0.05) is 48.7 Å². The second-order valence-corrected chi connectivity index (χ2v) is 8.83. The van der Waals surface area contributed by atoms with E-state index in [4.69, 9.17) is 4.42 Å². The van der Waals surface area contributed by atoms with Crippen molar-refractivity contribution in [2.75, 3.05) is 31.1 Å². The first-order chi connectivity index (χ1) is 12.3. The summed E-state index contributed by atoms with van der Waals surface area (Å²) in [5.74, 6) is 3.48. The maximum atomic E-state index is 12.5. The number of fused-ring (bicyclic) bond motifs is 1. The molecule has 2 aliphatic carbocycles. The Labute approximate surface area is 154 Å². The lowest BCUT2D eigenvalue weighted by Crippen LogP contribution is -2.57. The van der Waals surface area contributed by atoms with Crippen molar-refractivity contribution in [3.05, 3.63) is 23.7 Å². The molecule has 1 unspecified atom stereocenters. The van der Waals surface area contributed by atoms with Crippen LogP contribution in [-0.4, -0.2) is 47.6 Å². The van der Waals surface area contributed by atoms with Gasteiger partial charge in [-0.15, -0.1) is 0 Å². The van der Waals surface area contributed by atoms with E-state index in [-0.39, 0.29) is 17.6 Å². The van der Waals surface area contributed by atoms with Crippen LogP contribution >= 0.6 is 11.8 Å². The third-order valence-corrected chi connectivity index (χ3v) is 7.09. The smallest absolute Gasteiger partial charge is 0.315 e. The highest BCUT2D eigenvalue weighted by molar-refractivity contribution is 7.99. The first kappa shape index (κ1) is 17.3. The zero-order valence-electron chi connectivity index (χ0n) is 14.9. The van der Waals surface area contributed by atoms with Crippen LogP contribution in [0.2, 0.25) is 0 Å². The van der Waals surface area contributed by atoms with E-state index in [2.05, 4.69) is 15.5 Å². The molecule has 0 bridgehead atoms. The van der Waals surface area contributed by atoms with Crippen molar-refractivity contribution in [3.63, 3.8) is 0 Å². The highest BCUT2D eigenvalue weighted by Gasteiger charge is 2.40. The molecule has 1 aliphatic heterocycles. The van der Waals surface area contributed by atoms with Crippen LogP contribution < -0.4 is 10.6 Å². The van der Waals surface area contributed by atoms with E-state index in [1.807, 2.05) is 17.8 Å². The van der Waals surface area contributed by atoms with Crippen LogP contribution in [0, 0.1) is 0 Å². The van der Waals surface area contributed by atoms with E-state index in [1.54, 1.807) is 6.26 Å². The van der Waals surface area contributed by atoms with Gasteiger partial charge in [-0.05, 0) is 31.7 Å². The molecular weight excluding hydrogens is 334 g/mol. The fraction of sp³-hybridized carbons (Fsp3) is 0.737. The lowest BCUT2D eigenvalue weighted by atomic mass is 9.93. The summed E-state index contributed by atoms with van der Waals surface area (Å²) in [4.78, 5) is 15.2. The fourth-order valence-corrected chi connectivity index (χ4v) is 5.67. The number of aryl methyl sites for hydroxylation is 1. The van der Waals surface area contributed by atoms with Crippen LogP contribution in [0.15, 0.2) is 16.7 Å². The largest absolute Gasteiger partial charge is 0.469 e. The van der Waals surface area contributed by atoms with Crippen molar-refractivity contribution in [3.8, 4) is 0 Å². The van der Waals surface area contributed by atoms with Crippen molar-refractivity contribution in [2.45, 2.75) is 56.5 Å². The van der Waals surface area contributed by atoms with Crippen LogP contribution in [0.1, 0.15) is 55.9 Å². The molecule has 3 aliphatic rings. The Bertz CT molecular complexity index is 591. The zero-order valence-corrected chi connectivity index (χ0v) is 15.7. The van der Waals surface area contributed by atoms with E-state index in [1.165, 1.54) is 37.2 Å². The van der Waals surface area contributed by atoms with Gasteiger partial charge in [-0.25, -0.2) is 4.79 Å². The molecule has 138 valence electrons. The molecule has 5 nitrogen and oxygen atoms in total. The van der Waals surface area contributed by atoms with Gasteiger partial charge in [0.05, 0.1) is 12.3 Å². The van der Waals surface area contributed by atoms with E-state index in [0.717, 1.165) is 50.2 Å². The lowest BCUT2D eigenvalue weighted by Gasteiger charge is -2.43. The number of nitrogens with one attached hydrogen (secondary N) is 2. The Kier molecular flexibility index (Phi) is 5.27. The van der Waals surface area contributed by atoms with Gasteiger partial charge in [-0.3, -0.25) is 4.90 Å². The number of carbonyl (C=O) groups excluding carboxylic acids is 1. The SMILES string of the molecule is O=C(NCC1(N2CCSCC2)CCCC1)NC1CCCc2occc21. The predicted octanol–water partition coefficient (Wildman–Crippen LogP) is 3.32. The molecule has 6 heteroatoms. The summed E-state index contributed by atoms with van der Waals surface area (Å²) in [5, 5.41) is 6.38. The molecule has 0 radical (unpaired) electrons. The first-order valence-electron chi connectivity index (χ1n) is 9.70. The number of thioether (sulfide) groups is 1. The van der Waals surface area contributed by atoms with Gasteiger partial charge >= 0.3 is 6.03 Å². The first-order valence-corrected chi connectivity index (χ1v) is 10.9. The fourth-order valence-electron chi connectivity index (χ4n) is 4.77. The number of hydrogen-bond acceptors (Lipinski definition) is 4. The molecule has 25 heavy (non-hydrogen) atoms. The van der Waals surface area contributed by atoms with Gasteiger partial charge < -0.3 is 15.1 Å². The Morgan fingerprint density at radius 3 is 2.88 bits per heavy atom. The quantitative estimate of drug-likeness (QED) is 0.862. The van der Waals surface area contributed by atoms with Crippen molar-refractivity contribution < 1.29 is 9.21 Å². The molecule has 2 amide bonds. The second kappa shape index (κ2) is 7.62. The third kappa shape index (κ3) is 3.70. The topological polar surface area (TPSA) is 57.5 Å². The minimum atomic E-state index is -0.0308. The number of hydrogen-bond donors (Lipinski definition) is 2. The number of urea groups is 1. The van der Waals surface area contributed by atoms with Gasteiger partial charge in [-0.2, -0.15) is 11.8 Å². The van der Waals surface area contributed by atoms with E-state index >= 15 is 0 Å². The summed E-state index contributed by atoms with van der Waals surface area (Å²) in [6, 6.07) is 2.06. The molecule has 1 aromatic heterocycles. The van der Waals surface area contributed by atoms with Gasteiger partial charge in [0.2, 0.25) is 0 Å². The molecule has 2 N–H and O–H groups in total. The second-order valence-electron chi connectivity index (χ2n) is 7.60. The van der Waals surface area contributed by atoms with Gasteiger partial charge in [0.1, 0.15) is 5.76 Å². The molecule has 4 rings (SSSR count).